The monoisotopic (exact) mass is 442 g/mol. The normalized spacial score (nSPS) is 18.0. The van der Waals surface area contributed by atoms with E-state index >= 15 is 0 Å². The molecule has 2 aromatic rings. The minimum atomic E-state index is -3.57. The molecule has 9 heteroatoms. The number of fused-ring (bicyclic) bond motifs is 1. The zero-order chi connectivity index (χ0) is 22.0. The fourth-order valence-electron chi connectivity index (χ4n) is 4.60. The number of carbonyl (C=O) groups excluding carboxylic acids is 2. The number of amides is 2. The summed E-state index contributed by atoms with van der Waals surface area (Å²) in [4.78, 5) is 36.2. The zero-order valence-electron chi connectivity index (χ0n) is 17.5. The lowest BCUT2D eigenvalue weighted by Gasteiger charge is -2.31. The van der Waals surface area contributed by atoms with Crippen molar-refractivity contribution in [3.8, 4) is 0 Å². The fourth-order valence-corrected chi connectivity index (χ4v) is 5.51. The average Bonchev–Trinajstić information content (AvgIpc) is 3.09. The molecular weight excluding hydrogens is 416 g/mol. The van der Waals surface area contributed by atoms with Crippen molar-refractivity contribution in [1.82, 2.24) is 14.9 Å². The Morgan fingerprint density at radius 2 is 2.00 bits per heavy atom. The van der Waals surface area contributed by atoms with Crippen LogP contribution in [0, 0.1) is 5.92 Å². The van der Waals surface area contributed by atoms with Gasteiger partial charge in [-0.15, -0.1) is 0 Å². The third kappa shape index (κ3) is 4.61. The molecule has 1 aromatic heterocycles. The van der Waals surface area contributed by atoms with Crippen LogP contribution in [0.2, 0.25) is 0 Å². The molecule has 8 nitrogen and oxygen atoms in total. The molecule has 1 fully saturated rings. The first-order valence-corrected chi connectivity index (χ1v) is 12.4. The summed E-state index contributed by atoms with van der Waals surface area (Å²) >= 11 is 0. The highest BCUT2D eigenvalue weighted by Crippen LogP contribution is 2.34. The van der Waals surface area contributed by atoms with Crippen molar-refractivity contribution in [3.05, 3.63) is 47.9 Å². The van der Waals surface area contributed by atoms with Crippen LogP contribution in [0.25, 0.3) is 0 Å². The Morgan fingerprint density at radius 1 is 1.23 bits per heavy atom. The number of rotatable bonds is 6. The highest BCUT2D eigenvalue weighted by Gasteiger charge is 2.40. The van der Waals surface area contributed by atoms with E-state index in [2.05, 4.69) is 15.3 Å². The van der Waals surface area contributed by atoms with Crippen LogP contribution in [0.15, 0.2) is 41.7 Å². The van der Waals surface area contributed by atoms with Gasteiger partial charge in [-0.25, -0.2) is 13.4 Å². The van der Waals surface area contributed by atoms with E-state index < -0.39 is 21.8 Å². The van der Waals surface area contributed by atoms with Gasteiger partial charge in [-0.05, 0) is 24.0 Å². The number of hydrogen-bond acceptors (Lipinski definition) is 6. The molecule has 0 saturated heterocycles. The Bertz CT molecular complexity index is 1080. The van der Waals surface area contributed by atoms with Crippen molar-refractivity contribution in [2.45, 2.75) is 56.0 Å². The molecule has 1 unspecified atom stereocenters. The summed E-state index contributed by atoms with van der Waals surface area (Å²) in [6, 6.07) is 4.13. The van der Waals surface area contributed by atoms with Crippen molar-refractivity contribution in [2.24, 2.45) is 5.92 Å². The predicted molar refractivity (Wildman–Crippen MR) is 115 cm³/mol. The molecule has 1 saturated carbocycles. The van der Waals surface area contributed by atoms with Gasteiger partial charge in [-0.2, -0.15) is 0 Å². The molecule has 2 amide bonds. The number of sulfone groups is 1. The van der Waals surface area contributed by atoms with Gasteiger partial charge in [0.15, 0.2) is 15.7 Å². The Morgan fingerprint density at radius 3 is 2.68 bits per heavy atom. The maximum Gasteiger partial charge on any atom is 0.256 e. The van der Waals surface area contributed by atoms with Crippen LogP contribution >= 0.6 is 0 Å². The zero-order valence-corrected chi connectivity index (χ0v) is 18.3. The molecule has 2 aliphatic rings. The second kappa shape index (κ2) is 8.74. The van der Waals surface area contributed by atoms with E-state index in [0.29, 0.717) is 23.7 Å². The largest absolute Gasteiger partial charge is 0.322 e. The molecule has 1 aliphatic heterocycles. The van der Waals surface area contributed by atoms with Crippen LogP contribution in [0.5, 0.6) is 0 Å². The molecule has 1 aromatic carbocycles. The highest BCUT2D eigenvalue weighted by atomic mass is 32.2. The minimum absolute atomic E-state index is 0.0169. The van der Waals surface area contributed by atoms with Crippen molar-refractivity contribution in [1.29, 1.82) is 0 Å². The van der Waals surface area contributed by atoms with Gasteiger partial charge >= 0.3 is 0 Å². The van der Waals surface area contributed by atoms with E-state index in [1.165, 1.54) is 36.0 Å². The second-order valence-corrected chi connectivity index (χ2v) is 10.3. The topological polar surface area (TPSA) is 109 Å². The van der Waals surface area contributed by atoms with E-state index in [1.54, 1.807) is 12.1 Å². The first kappa shape index (κ1) is 21.4. The van der Waals surface area contributed by atoms with Gasteiger partial charge in [0.05, 0.1) is 16.7 Å². The number of hydrogen-bond donors (Lipinski definition) is 1. The molecule has 1 aliphatic carbocycles. The van der Waals surface area contributed by atoms with Gasteiger partial charge in [0.2, 0.25) is 5.91 Å². The van der Waals surface area contributed by atoms with Crippen LogP contribution in [0.4, 0.5) is 5.82 Å². The molecule has 0 bridgehead atoms. The number of nitrogens with one attached hydrogen (secondary N) is 1. The molecule has 2 heterocycles. The quantitative estimate of drug-likeness (QED) is 0.737. The number of carbonyl (C=O) groups is 2. The molecule has 1 atom stereocenters. The predicted octanol–water partition coefficient (Wildman–Crippen LogP) is 2.81. The Balaban J connectivity index is 1.64. The average molecular weight is 443 g/mol. The van der Waals surface area contributed by atoms with Gasteiger partial charge in [0.1, 0.15) is 6.04 Å². The summed E-state index contributed by atoms with van der Waals surface area (Å²) < 4.78 is 24.5. The first-order chi connectivity index (χ1) is 14.8. The number of aromatic nitrogens is 2. The molecule has 0 spiro atoms. The van der Waals surface area contributed by atoms with Crippen molar-refractivity contribution < 1.29 is 18.0 Å². The number of anilines is 1. The molecule has 164 valence electrons. The Kier molecular flexibility index (Phi) is 6.04. The fraction of sp³-hybridized carbons (Fsp3) is 0.455. The SMILES string of the molecule is CS(=O)(=O)c1cccc2c1C(=O)N(C(CC1CCCCC1)C(=O)Nc1cnccn1)C2. The van der Waals surface area contributed by atoms with E-state index in [0.717, 1.165) is 31.9 Å². The molecule has 0 radical (unpaired) electrons. The van der Waals surface area contributed by atoms with E-state index in [-0.39, 0.29) is 22.9 Å². The summed E-state index contributed by atoms with van der Waals surface area (Å²) in [7, 11) is -3.57. The van der Waals surface area contributed by atoms with Crippen molar-refractivity contribution >= 4 is 27.5 Å². The third-order valence-electron chi connectivity index (χ3n) is 6.10. The lowest BCUT2D eigenvalue weighted by molar-refractivity contribution is -0.121. The van der Waals surface area contributed by atoms with Crippen molar-refractivity contribution in [3.63, 3.8) is 0 Å². The smallest absolute Gasteiger partial charge is 0.256 e. The van der Waals surface area contributed by atoms with Crippen LogP contribution in [0.3, 0.4) is 0 Å². The number of nitrogens with zero attached hydrogens (tertiary/aromatic N) is 3. The summed E-state index contributed by atoms with van der Waals surface area (Å²) in [6.45, 7) is 0.211. The van der Waals surface area contributed by atoms with Gasteiger partial charge in [-0.3, -0.25) is 14.6 Å². The first-order valence-electron chi connectivity index (χ1n) is 10.5. The van der Waals surface area contributed by atoms with Crippen LogP contribution in [-0.2, 0) is 21.2 Å². The van der Waals surface area contributed by atoms with Gasteiger partial charge in [0, 0.05) is 25.2 Å². The number of benzene rings is 1. The molecule has 1 N–H and O–H groups in total. The van der Waals surface area contributed by atoms with Gasteiger partial charge < -0.3 is 10.2 Å². The Labute approximate surface area is 182 Å². The van der Waals surface area contributed by atoms with E-state index in [4.69, 9.17) is 0 Å². The maximum atomic E-state index is 13.4. The molecule has 4 rings (SSSR count). The lowest BCUT2D eigenvalue weighted by atomic mass is 9.84. The standard InChI is InChI=1S/C22H26N4O4S/c1-31(29,30)18-9-5-8-16-14-26(22(28)20(16)18)17(12-15-6-3-2-4-7-15)21(27)25-19-13-23-10-11-24-19/h5,8-11,13,15,17H,2-4,6-7,12,14H2,1H3,(H,24,25,27). The molecular formula is C22H26N4O4S. The summed E-state index contributed by atoms with van der Waals surface area (Å²) in [5, 5.41) is 2.78. The lowest BCUT2D eigenvalue weighted by Crippen LogP contribution is -2.45. The molecule has 31 heavy (non-hydrogen) atoms. The minimum Gasteiger partial charge on any atom is -0.322 e. The van der Waals surface area contributed by atoms with E-state index in [9.17, 15) is 18.0 Å². The maximum absolute atomic E-state index is 13.4. The van der Waals surface area contributed by atoms with Gasteiger partial charge in [-0.1, -0.05) is 44.2 Å². The third-order valence-corrected chi connectivity index (χ3v) is 7.24. The van der Waals surface area contributed by atoms with Crippen LogP contribution in [-0.4, -0.2) is 47.4 Å². The van der Waals surface area contributed by atoms with Crippen molar-refractivity contribution in [2.75, 3.05) is 11.6 Å². The van der Waals surface area contributed by atoms with E-state index in [1.807, 2.05) is 0 Å². The summed E-state index contributed by atoms with van der Waals surface area (Å²) in [6.07, 6.45) is 11.6. The summed E-state index contributed by atoms with van der Waals surface area (Å²) in [5.41, 5.74) is 0.819. The highest BCUT2D eigenvalue weighted by molar-refractivity contribution is 7.90. The van der Waals surface area contributed by atoms with Crippen LogP contribution < -0.4 is 5.32 Å². The Hall–Kier alpha value is -2.81. The van der Waals surface area contributed by atoms with Gasteiger partial charge in [0.25, 0.3) is 5.91 Å². The van der Waals surface area contributed by atoms with Crippen LogP contribution in [0.1, 0.15) is 54.4 Å². The second-order valence-electron chi connectivity index (χ2n) is 8.33. The summed E-state index contributed by atoms with van der Waals surface area (Å²) in [5.74, 6) is -0.0707.